The van der Waals surface area contributed by atoms with Crippen LogP contribution >= 0.6 is 0 Å². The Hall–Kier alpha value is -3.42. The van der Waals surface area contributed by atoms with Gasteiger partial charge in [-0.05, 0) is 36.6 Å². The molecule has 0 saturated heterocycles. The highest BCUT2D eigenvalue weighted by atomic mass is 15.3. The number of hydrogen-bond acceptors (Lipinski definition) is 6. The maximum atomic E-state index is 5.88. The normalized spacial score (nSPS) is 14.0. The first-order chi connectivity index (χ1) is 12.8. The van der Waals surface area contributed by atoms with Gasteiger partial charge in [0.2, 0.25) is 5.95 Å². The minimum atomic E-state index is 0.430. The van der Waals surface area contributed by atoms with Gasteiger partial charge in [0.05, 0.1) is 6.54 Å². The van der Waals surface area contributed by atoms with Gasteiger partial charge in [0.1, 0.15) is 11.5 Å². The van der Waals surface area contributed by atoms with Gasteiger partial charge in [-0.15, -0.1) is 0 Å². The summed E-state index contributed by atoms with van der Waals surface area (Å²) in [5, 5.41) is 8.73. The fourth-order valence-electron chi connectivity index (χ4n) is 3.14. The topological polar surface area (TPSA) is 112 Å². The highest BCUT2D eigenvalue weighted by Gasteiger charge is 2.27. The van der Waals surface area contributed by atoms with Crippen molar-refractivity contribution in [2.75, 3.05) is 10.6 Å². The average Bonchev–Trinajstić information content (AvgIpc) is 3.18. The fourth-order valence-corrected chi connectivity index (χ4v) is 3.14. The molecule has 4 heterocycles. The third-order valence-electron chi connectivity index (χ3n) is 4.66. The molecule has 8 heteroatoms. The number of nitrogens with zero attached hydrogens (tertiary/aromatic N) is 5. The zero-order chi connectivity index (χ0) is 17.5. The zero-order valence-electron chi connectivity index (χ0n) is 14.1. The SMILES string of the molecule is Nc1ccnc(N(Cc2ccnc3[nH]ccc23)c2cc(C3CC3)[nH]n2)n1. The smallest absolute Gasteiger partial charge is 0.233 e. The second-order valence-electron chi connectivity index (χ2n) is 6.53. The van der Waals surface area contributed by atoms with Crippen LogP contribution in [-0.2, 0) is 6.54 Å². The van der Waals surface area contributed by atoms with Crippen LogP contribution in [0.2, 0.25) is 0 Å². The minimum Gasteiger partial charge on any atom is -0.384 e. The third-order valence-corrected chi connectivity index (χ3v) is 4.66. The number of hydrogen-bond donors (Lipinski definition) is 3. The Labute approximate surface area is 149 Å². The van der Waals surface area contributed by atoms with Crippen LogP contribution in [0, 0.1) is 0 Å². The van der Waals surface area contributed by atoms with Crippen LogP contribution in [0.15, 0.2) is 42.9 Å². The number of fused-ring (bicyclic) bond motifs is 1. The van der Waals surface area contributed by atoms with Crippen molar-refractivity contribution in [1.29, 1.82) is 0 Å². The molecule has 0 spiro atoms. The van der Waals surface area contributed by atoms with E-state index >= 15 is 0 Å². The molecule has 0 aromatic carbocycles. The summed E-state index contributed by atoms with van der Waals surface area (Å²) in [4.78, 5) is 18.3. The highest BCUT2D eigenvalue weighted by Crippen LogP contribution is 2.40. The second-order valence-corrected chi connectivity index (χ2v) is 6.53. The molecule has 0 atom stereocenters. The molecule has 1 fully saturated rings. The van der Waals surface area contributed by atoms with Crippen LogP contribution < -0.4 is 10.6 Å². The summed E-state index contributed by atoms with van der Waals surface area (Å²) < 4.78 is 0. The monoisotopic (exact) mass is 346 g/mol. The lowest BCUT2D eigenvalue weighted by molar-refractivity contribution is 0.882. The van der Waals surface area contributed by atoms with Crippen molar-refractivity contribution < 1.29 is 0 Å². The van der Waals surface area contributed by atoms with E-state index in [-0.39, 0.29) is 0 Å². The molecule has 0 bridgehead atoms. The van der Waals surface area contributed by atoms with Crippen LogP contribution in [0.5, 0.6) is 0 Å². The largest absolute Gasteiger partial charge is 0.384 e. The summed E-state index contributed by atoms with van der Waals surface area (Å²) in [6.45, 7) is 0.565. The van der Waals surface area contributed by atoms with Crippen molar-refractivity contribution in [2.45, 2.75) is 25.3 Å². The predicted octanol–water partition coefficient (Wildman–Crippen LogP) is 2.87. The van der Waals surface area contributed by atoms with E-state index in [1.165, 1.54) is 12.8 Å². The van der Waals surface area contributed by atoms with E-state index in [4.69, 9.17) is 5.73 Å². The van der Waals surface area contributed by atoms with E-state index in [0.29, 0.717) is 24.2 Å². The molecular formula is C18H18N8. The molecule has 0 unspecified atom stereocenters. The van der Waals surface area contributed by atoms with E-state index in [2.05, 4.69) is 36.2 Å². The molecule has 0 aliphatic heterocycles. The van der Waals surface area contributed by atoms with Gasteiger partial charge in [-0.1, -0.05) is 0 Å². The van der Waals surface area contributed by atoms with Crippen LogP contribution in [0.4, 0.5) is 17.6 Å². The number of aromatic nitrogens is 6. The van der Waals surface area contributed by atoms with Gasteiger partial charge < -0.3 is 10.7 Å². The van der Waals surface area contributed by atoms with Crippen molar-refractivity contribution in [3.05, 3.63) is 54.1 Å². The molecule has 26 heavy (non-hydrogen) atoms. The summed E-state index contributed by atoms with van der Waals surface area (Å²) in [5.41, 5.74) is 9.01. The maximum Gasteiger partial charge on any atom is 0.233 e. The molecule has 1 aliphatic carbocycles. The Kier molecular flexibility index (Phi) is 3.34. The van der Waals surface area contributed by atoms with Crippen LogP contribution in [-0.4, -0.2) is 30.1 Å². The Morgan fingerprint density at radius 1 is 1.15 bits per heavy atom. The van der Waals surface area contributed by atoms with E-state index in [1.807, 2.05) is 23.2 Å². The van der Waals surface area contributed by atoms with Gasteiger partial charge >= 0.3 is 0 Å². The Morgan fingerprint density at radius 2 is 2.04 bits per heavy atom. The number of pyridine rings is 1. The van der Waals surface area contributed by atoms with Crippen LogP contribution in [0.3, 0.4) is 0 Å². The number of aromatic amines is 2. The lowest BCUT2D eigenvalue weighted by Gasteiger charge is -2.20. The minimum absolute atomic E-state index is 0.430. The number of nitrogen functional groups attached to an aromatic ring is 1. The van der Waals surface area contributed by atoms with Crippen molar-refractivity contribution in [2.24, 2.45) is 0 Å². The van der Waals surface area contributed by atoms with Gasteiger partial charge in [-0.25, -0.2) is 9.97 Å². The first kappa shape index (κ1) is 14.9. The van der Waals surface area contributed by atoms with Gasteiger partial charge in [-0.2, -0.15) is 10.1 Å². The first-order valence-corrected chi connectivity index (χ1v) is 8.60. The van der Waals surface area contributed by atoms with E-state index in [1.54, 1.807) is 18.5 Å². The lowest BCUT2D eigenvalue weighted by atomic mass is 10.1. The molecule has 0 radical (unpaired) electrons. The van der Waals surface area contributed by atoms with Crippen LogP contribution in [0.1, 0.15) is 30.0 Å². The van der Waals surface area contributed by atoms with Gasteiger partial charge in [0.25, 0.3) is 0 Å². The van der Waals surface area contributed by atoms with Crippen molar-refractivity contribution in [3.8, 4) is 0 Å². The molecule has 8 nitrogen and oxygen atoms in total. The maximum absolute atomic E-state index is 5.88. The summed E-state index contributed by atoms with van der Waals surface area (Å²) in [6.07, 6.45) is 7.78. The van der Waals surface area contributed by atoms with E-state index in [9.17, 15) is 0 Å². The second kappa shape index (κ2) is 5.83. The zero-order valence-corrected chi connectivity index (χ0v) is 14.1. The Balaban J connectivity index is 1.57. The molecule has 1 saturated carbocycles. The summed E-state index contributed by atoms with van der Waals surface area (Å²) >= 11 is 0. The van der Waals surface area contributed by atoms with Crippen molar-refractivity contribution >= 4 is 28.6 Å². The molecule has 4 aromatic heterocycles. The summed E-state index contributed by atoms with van der Waals surface area (Å²) in [7, 11) is 0. The number of rotatable bonds is 5. The molecule has 4 N–H and O–H groups in total. The molecular weight excluding hydrogens is 328 g/mol. The van der Waals surface area contributed by atoms with Gasteiger partial charge in [0, 0.05) is 41.7 Å². The molecule has 5 rings (SSSR count). The quantitative estimate of drug-likeness (QED) is 0.512. The first-order valence-electron chi connectivity index (χ1n) is 8.60. The molecule has 1 aliphatic rings. The van der Waals surface area contributed by atoms with Crippen LogP contribution in [0.25, 0.3) is 11.0 Å². The van der Waals surface area contributed by atoms with Crippen molar-refractivity contribution in [3.63, 3.8) is 0 Å². The number of nitrogens with two attached hydrogens (primary N) is 1. The fraction of sp³-hybridized carbons (Fsp3) is 0.222. The number of anilines is 3. The van der Waals surface area contributed by atoms with Gasteiger partial charge in [0.15, 0.2) is 5.82 Å². The number of nitrogens with one attached hydrogen (secondary N) is 2. The van der Waals surface area contributed by atoms with Crippen molar-refractivity contribution in [1.82, 2.24) is 30.1 Å². The molecule has 130 valence electrons. The van der Waals surface area contributed by atoms with Gasteiger partial charge in [-0.3, -0.25) is 10.00 Å². The average molecular weight is 346 g/mol. The molecule has 0 amide bonds. The Morgan fingerprint density at radius 3 is 2.88 bits per heavy atom. The standard InChI is InChI=1S/C18H18N8/c19-15-5-8-22-18(23-15)26(16-9-14(24-25-16)11-1-2-11)10-12-3-6-20-17-13(12)4-7-21-17/h3-9,11H,1-2,10H2,(H,20,21)(H,24,25)(H2,19,22,23). The van der Waals surface area contributed by atoms with E-state index < -0.39 is 0 Å². The highest BCUT2D eigenvalue weighted by molar-refractivity contribution is 5.79. The van der Waals surface area contributed by atoms with E-state index in [0.717, 1.165) is 28.1 Å². The lowest BCUT2D eigenvalue weighted by Crippen LogP contribution is -2.20. The Bertz CT molecular complexity index is 1060. The molecule has 4 aromatic rings. The number of H-pyrrole nitrogens is 2. The summed E-state index contributed by atoms with van der Waals surface area (Å²) in [6, 6.07) is 7.79. The predicted molar refractivity (Wildman–Crippen MR) is 98.9 cm³/mol. The summed E-state index contributed by atoms with van der Waals surface area (Å²) in [5.74, 6) is 2.34. The third kappa shape index (κ3) is 2.65.